The van der Waals surface area contributed by atoms with Crippen LogP contribution in [0.5, 0.6) is 0 Å². The molecule has 2 heterocycles. The first-order chi connectivity index (χ1) is 16.8. The lowest BCUT2D eigenvalue weighted by molar-refractivity contribution is -0.122. The molecule has 1 aromatic carbocycles. The van der Waals surface area contributed by atoms with Crippen LogP contribution in [0.25, 0.3) is 0 Å². The molecule has 5 N–H and O–H groups in total. The monoisotopic (exact) mass is 561 g/mol. The van der Waals surface area contributed by atoms with Gasteiger partial charge in [-0.25, -0.2) is 4.98 Å². The van der Waals surface area contributed by atoms with Crippen molar-refractivity contribution in [2.24, 2.45) is 5.73 Å². The Labute approximate surface area is 222 Å². The molecule has 2 atom stereocenters. The second-order valence-electron chi connectivity index (χ2n) is 8.01. The van der Waals surface area contributed by atoms with Gasteiger partial charge < -0.3 is 26.2 Å². The summed E-state index contributed by atoms with van der Waals surface area (Å²) in [6, 6.07) is 5.64. The molecule has 3 rings (SSSR count). The fourth-order valence-corrected chi connectivity index (χ4v) is 5.50. The van der Waals surface area contributed by atoms with Crippen LogP contribution in [-0.2, 0) is 16.1 Å². The second-order valence-corrected chi connectivity index (χ2v) is 11.0. The van der Waals surface area contributed by atoms with E-state index in [0.717, 1.165) is 29.5 Å². The van der Waals surface area contributed by atoms with Crippen LogP contribution in [0.2, 0.25) is 10.0 Å². The first-order valence-electron chi connectivity index (χ1n) is 11.1. The first kappa shape index (κ1) is 28.1. The number of rotatable bonds is 12. The highest BCUT2D eigenvalue weighted by atomic mass is 35.5. The molecule has 1 aliphatic heterocycles. The molecule has 192 valence electrons. The third kappa shape index (κ3) is 9.85. The highest BCUT2D eigenvalue weighted by Gasteiger charge is 2.21. The summed E-state index contributed by atoms with van der Waals surface area (Å²) in [6.07, 6.45) is -0.0773. The maximum absolute atomic E-state index is 12.2. The van der Waals surface area contributed by atoms with Gasteiger partial charge in [-0.1, -0.05) is 41.0 Å². The number of carbonyl (C=O) groups is 2. The van der Waals surface area contributed by atoms with Gasteiger partial charge >= 0.3 is 0 Å². The van der Waals surface area contributed by atoms with E-state index in [1.165, 1.54) is 23.1 Å². The number of ether oxygens (including phenoxy) is 1. The van der Waals surface area contributed by atoms with Gasteiger partial charge in [0.1, 0.15) is 11.9 Å². The zero-order chi connectivity index (χ0) is 25.2. The number of morpholine rings is 1. The normalized spacial score (nSPS) is 17.2. The number of amides is 2. The molecule has 2 amide bonds. The lowest BCUT2D eigenvalue weighted by atomic mass is 10.2. The molecule has 0 spiro atoms. The lowest BCUT2D eigenvalue weighted by Crippen LogP contribution is -2.47. The molecule has 0 aliphatic carbocycles. The number of nitrogens with two attached hydrogens (primary N) is 1. The van der Waals surface area contributed by atoms with E-state index in [4.69, 9.17) is 38.8 Å². The summed E-state index contributed by atoms with van der Waals surface area (Å²) in [4.78, 5) is 30.7. The van der Waals surface area contributed by atoms with Crippen LogP contribution in [0.1, 0.15) is 28.9 Å². The van der Waals surface area contributed by atoms with E-state index in [0.29, 0.717) is 41.8 Å². The van der Waals surface area contributed by atoms with Crippen molar-refractivity contribution in [3.8, 4) is 0 Å². The summed E-state index contributed by atoms with van der Waals surface area (Å²) in [7, 11) is 0. The van der Waals surface area contributed by atoms with Crippen LogP contribution in [-0.4, -0.2) is 77.7 Å². The van der Waals surface area contributed by atoms with Crippen molar-refractivity contribution in [3.05, 3.63) is 44.9 Å². The number of thioether (sulfide) groups is 1. The zero-order valence-electron chi connectivity index (χ0n) is 19.0. The van der Waals surface area contributed by atoms with Gasteiger partial charge in [0.05, 0.1) is 29.3 Å². The molecule has 0 saturated carbocycles. The second kappa shape index (κ2) is 14.3. The number of halogens is 2. The van der Waals surface area contributed by atoms with Gasteiger partial charge in [-0.3, -0.25) is 14.5 Å². The van der Waals surface area contributed by atoms with Crippen molar-refractivity contribution in [2.45, 2.75) is 36.1 Å². The van der Waals surface area contributed by atoms with Crippen molar-refractivity contribution >= 4 is 58.1 Å². The van der Waals surface area contributed by atoms with E-state index in [2.05, 4.69) is 20.5 Å². The Morgan fingerprint density at radius 3 is 2.94 bits per heavy atom. The third-order valence-corrected chi connectivity index (χ3v) is 7.95. The standard InChI is InChI=1S/C22H29Cl2N5O4S2/c23-16-4-3-14(8-17(16)24)11-29-5-6-33-15(12-29)9-26-20(31)2-1-7-34-22-28-18(13-35-22)21(32)27-10-19(25)30/h3-4,8,13,15,19,30H,1-2,5-7,9-12,25H2,(H,26,31)(H,27,32)/t15-,19-/m0/s1. The lowest BCUT2D eigenvalue weighted by Gasteiger charge is -2.33. The van der Waals surface area contributed by atoms with Crippen LogP contribution in [0.15, 0.2) is 27.9 Å². The van der Waals surface area contributed by atoms with Crippen LogP contribution in [0.4, 0.5) is 0 Å². The zero-order valence-corrected chi connectivity index (χ0v) is 22.2. The van der Waals surface area contributed by atoms with E-state index >= 15 is 0 Å². The van der Waals surface area contributed by atoms with Crippen LogP contribution in [0.3, 0.4) is 0 Å². The average molecular weight is 563 g/mol. The van der Waals surface area contributed by atoms with E-state index in [9.17, 15) is 9.59 Å². The number of aliphatic hydroxyl groups is 1. The number of aliphatic hydroxyl groups excluding tert-OH is 1. The van der Waals surface area contributed by atoms with Crippen molar-refractivity contribution in [1.82, 2.24) is 20.5 Å². The number of hydrogen-bond acceptors (Lipinski definition) is 9. The number of thiazole rings is 1. The smallest absolute Gasteiger partial charge is 0.270 e. The molecule has 2 aromatic rings. The van der Waals surface area contributed by atoms with Gasteiger partial charge in [-0.15, -0.1) is 11.3 Å². The predicted molar refractivity (Wildman–Crippen MR) is 139 cm³/mol. The molecular weight excluding hydrogens is 533 g/mol. The molecular formula is C22H29Cl2N5O4S2. The number of carbonyl (C=O) groups excluding carboxylic acids is 2. The van der Waals surface area contributed by atoms with Gasteiger partial charge in [-0.2, -0.15) is 0 Å². The number of nitrogens with one attached hydrogen (secondary N) is 2. The predicted octanol–water partition coefficient (Wildman–Crippen LogP) is 2.35. The van der Waals surface area contributed by atoms with E-state index < -0.39 is 6.23 Å². The molecule has 9 nitrogen and oxygen atoms in total. The summed E-state index contributed by atoms with van der Waals surface area (Å²) >= 11 is 15.0. The minimum atomic E-state index is -1.10. The third-order valence-electron chi connectivity index (χ3n) is 5.10. The molecule has 1 aliphatic rings. The minimum absolute atomic E-state index is 0.0182. The molecule has 0 bridgehead atoms. The van der Waals surface area contributed by atoms with Gasteiger partial charge in [0.25, 0.3) is 5.91 Å². The molecule has 35 heavy (non-hydrogen) atoms. The molecule has 1 saturated heterocycles. The van der Waals surface area contributed by atoms with Crippen molar-refractivity contribution in [1.29, 1.82) is 0 Å². The summed E-state index contributed by atoms with van der Waals surface area (Å²) in [5.74, 6) is 0.314. The highest BCUT2D eigenvalue weighted by molar-refractivity contribution is 8.01. The average Bonchev–Trinajstić information content (AvgIpc) is 3.31. The summed E-state index contributed by atoms with van der Waals surface area (Å²) in [6.45, 7) is 3.33. The quantitative estimate of drug-likeness (QED) is 0.176. The molecule has 13 heteroatoms. The first-order valence-corrected chi connectivity index (χ1v) is 13.8. The van der Waals surface area contributed by atoms with Gasteiger partial charge in [-0.05, 0) is 24.1 Å². The van der Waals surface area contributed by atoms with E-state index in [1.807, 2.05) is 12.1 Å². The van der Waals surface area contributed by atoms with Crippen molar-refractivity contribution in [2.75, 3.05) is 38.5 Å². The molecule has 0 radical (unpaired) electrons. The van der Waals surface area contributed by atoms with Crippen LogP contribution >= 0.6 is 46.3 Å². The van der Waals surface area contributed by atoms with E-state index in [-0.39, 0.29) is 30.2 Å². The Bertz CT molecular complexity index is 995. The Balaban J connectivity index is 1.30. The summed E-state index contributed by atoms with van der Waals surface area (Å²) < 4.78 is 6.56. The number of hydrogen-bond donors (Lipinski definition) is 4. The van der Waals surface area contributed by atoms with Crippen molar-refractivity contribution < 1.29 is 19.4 Å². The van der Waals surface area contributed by atoms with E-state index in [1.54, 1.807) is 11.4 Å². The Morgan fingerprint density at radius 2 is 2.17 bits per heavy atom. The highest BCUT2D eigenvalue weighted by Crippen LogP contribution is 2.24. The van der Waals surface area contributed by atoms with Gasteiger partial charge in [0.15, 0.2) is 4.34 Å². The molecule has 1 fully saturated rings. The minimum Gasteiger partial charge on any atom is -0.377 e. The number of benzene rings is 1. The summed E-state index contributed by atoms with van der Waals surface area (Å²) in [5.41, 5.74) is 6.58. The topological polar surface area (TPSA) is 130 Å². The van der Waals surface area contributed by atoms with Crippen LogP contribution in [0, 0.1) is 0 Å². The fourth-order valence-electron chi connectivity index (χ4n) is 3.37. The fraction of sp³-hybridized carbons (Fsp3) is 0.500. The Hall–Kier alpha value is -1.44. The summed E-state index contributed by atoms with van der Waals surface area (Å²) in [5, 5.41) is 17.2. The molecule has 0 unspecified atom stereocenters. The van der Waals surface area contributed by atoms with Gasteiger partial charge in [0.2, 0.25) is 5.91 Å². The van der Waals surface area contributed by atoms with Gasteiger partial charge in [0, 0.05) is 43.7 Å². The number of nitrogens with zero attached hydrogens (tertiary/aromatic N) is 2. The SMILES string of the molecule is N[C@@H](O)CNC(=O)c1csc(SCCCC(=O)NC[C@H]2CN(Cc3ccc(Cl)c(Cl)c3)CCO2)n1. The Morgan fingerprint density at radius 1 is 1.34 bits per heavy atom. The Kier molecular flexibility index (Phi) is 11.5. The molecule has 1 aromatic heterocycles. The van der Waals surface area contributed by atoms with Crippen LogP contribution < -0.4 is 16.4 Å². The van der Waals surface area contributed by atoms with Crippen molar-refractivity contribution in [3.63, 3.8) is 0 Å². The maximum atomic E-state index is 12.2. The maximum Gasteiger partial charge on any atom is 0.270 e. The largest absolute Gasteiger partial charge is 0.377 e. The number of aromatic nitrogens is 1.